The highest BCUT2D eigenvalue weighted by Crippen LogP contribution is 2.24. The van der Waals surface area contributed by atoms with E-state index in [-0.39, 0.29) is 11.5 Å². The van der Waals surface area contributed by atoms with Crippen molar-refractivity contribution in [3.05, 3.63) is 86.1 Å². The Balaban J connectivity index is 1.72. The van der Waals surface area contributed by atoms with Crippen LogP contribution in [0.4, 0.5) is 0 Å². The predicted molar refractivity (Wildman–Crippen MR) is 148 cm³/mol. The number of benzene rings is 2. The molecule has 0 spiro atoms. The van der Waals surface area contributed by atoms with Crippen LogP contribution < -0.4 is 10.3 Å². The van der Waals surface area contributed by atoms with Crippen molar-refractivity contribution in [3.8, 4) is 11.4 Å². The lowest BCUT2D eigenvalue weighted by molar-refractivity contribution is -0.144. The number of hydrogen-bond acceptors (Lipinski definition) is 5. The number of halogens is 1. The topological polar surface area (TPSA) is 98.7 Å². The molecule has 4 rings (SSSR count). The van der Waals surface area contributed by atoms with Crippen LogP contribution in [0.2, 0.25) is 0 Å². The number of aryl methyl sites for hydroxylation is 1. The lowest BCUT2D eigenvalue weighted by Crippen LogP contribution is -2.23. The van der Waals surface area contributed by atoms with E-state index in [0.717, 1.165) is 33.5 Å². The van der Waals surface area contributed by atoms with Gasteiger partial charge >= 0.3 is 5.97 Å². The van der Waals surface area contributed by atoms with E-state index in [1.165, 1.54) is 11.6 Å². The molecule has 0 bridgehead atoms. The van der Waals surface area contributed by atoms with Gasteiger partial charge in [-0.1, -0.05) is 29.8 Å². The van der Waals surface area contributed by atoms with Crippen molar-refractivity contribution in [2.24, 2.45) is 5.10 Å². The number of carboxylic acids is 1. The molecule has 1 N–H and O–H groups in total. The zero-order chi connectivity index (χ0) is 26.9. The first-order chi connectivity index (χ1) is 17.6. The number of carbonyl (C=O) groups is 1. The number of nitrogens with zero attached hydrogens (tertiary/aromatic N) is 4. The van der Waals surface area contributed by atoms with Gasteiger partial charge in [0.15, 0.2) is 6.10 Å². The van der Waals surface area contributed by atoms with Gasteiger partial charge in [0.05, 0.1) is 17.1 Å². The van der Waals surface area contributed by atoms with Crippen LogP contribution in [-0.4, -0.2) is 37.6 Å². The largest absolute Gasteiger partial charge is 0.479 e. The number of fused-ring (bicyclic) bond motifs is 1. The van der Waals surface area contributed by atoms with E-state index in [9.17, 15) is 9.59 Å². The van der Waals surface area contributed by atoms with Gasteiger partial charge in [0.2, 0.25) is 0 Å². The van der Waals surface area contributed by atoms with Crippen molar-refractivity contribution in [3.63, 3.8) is 0 Å². The molecule has 2 atom stereocenters. The van der Waals surface area contributed by atoms with Crippen LogP contribution in [0.25, 0.3) is 16.6 Å². The van der Waals surface area contributed by atoms with Crippen LogP contribution in [0.15, 0.2) is 62.9 Å². The first-order valence-corrected chi connectivity index (χ1v) is 12.8. The van der Waals surface area contributed by atoms with Crippen LogP contribution in [0.5, 0.6) is 5.75 Å². The van der Waals surface area contributed by atoms with Crippen molar-refractivity contribution in [1.29, 1.82) is 0 Å². The Kier molecular flexibility index (Phi) is 7.63. The minimum absolute atomic E-state index is 0.0508. The molecule has 8 nitrogen and oxygen atoms in total. The lowest BCUT2D eigenvalue weighted by atomic mass is 10.1. The smallest absolute Gasteiger partial charge is 0.344 e. The van der Waals surface area contributed by atoms with Crippen LogP contribution >= 0.6 is 15.9 Å². The van der Waals surface area contributed by atoms with Gasteiger partial charge in [0.25, 0.3) is 5.56 Å². The molecular weight excluding hydrogens is 536 g/mol. The monoisotopic (exact) mass is 564 g/mol. The maximum atomic E-state index is 13.4. The first kappa shape index (κ1) is 26.3. The molecule has 0 saturated carbocycles. The molecule has 0 aliphatic heterocycles. The Morgan fingerprint density at radius 3 is 2.51 bits per heavy atom. The van der Waals surface area contributed by atoms with E-state index in [4.69, 9.17) is 14.8 Å². The second kappa shape index (κ2) is 10.7. The summed E-state index contributed by atoms with van der Waals surface area (Å²) < 4.78 is 9.72. The van der Waals surface area contributed by atoms with Gasteiger partial charge in [-0.05, 0) is 75.7 Å². The second-order valence-corrected chi connectivity index (χ2v) is 9.97. The molecule has 0 fully saturated rings. The Morgan fingerprint density at radius 2 is 1.86 bits per heavy atom. The zero-order valence-corrected chi connectivity index (χ0v) is 23.0. The van der Waals surface area contributed by atoms with Crippen molar-refractivity contribution in [2.75, 3.05) is 0 Å². The SMILES string of the molecule is CC[C@@H](C)c1nc2ccc(Br)cc2c(=O)n1N=Cc1cc(C)n(-c2ccc(O[C@@H](C)C(=O)O)cc2)c1C. The summed E-state index contributed by atoms with van der Waals surface area (Å²) in [5.41, 5.74) is 4.15. The third kappa shape index (κ3) is 5.36. The molecule has 2 aromatic heterocycles. The Labute approximate surface area is 223 Å². The standard InChI is InChI=1S/C28H29BrN4O4/c1-6-16(2)26-31-25-12-7-21(29)14-24(25)27(34)33(26)30-15-20-13-17(3)32(18(20)4)22-8-10-23(11-9-22)37-19(5)28(35)36/h7-16,19H,6H2,1-5H3,(H,35,36)/t16-,19+/m1/s1. The van der Waals surface area contributed by atoms with Crippen molar-refractivity contribution < 1.29 is 14.6 Å². The Bertz CT molecular complexity index is 1550. The summed E-state index contributed by atoms with van der Waals surface area (Å²) in [5.74, 6) is 0.138. The maximum Gasteiger partial charge on any atom is 0.344 e. The molecule has 192 valence electrons. The minimum atomic E-state index is -1.02. The second-order valence-electron chi connectivity index (χ2n) is 9.06. The van der Waals surface area contributed by atoms with E-state index < -0.39 is 12.1 Å². The quantitative estimate of drug-likeness (QED) is 0.272. The highest BCUT2D eigenvalue weighted by Gasteiger charge is 2.17. The lowest BCUT2D eigenvalue weighted by Gasteiger charge is -2.14. The summed E-state index contributed by atoms with van der Waals surface area (Å²) in [4.78, 5) is 29.2. The van der Waals surface area contributed by atoms with Gasteiger partial charge in [-0.3, -0.25) is 4.79 Å². The van der Waals surface area contributed by atoms with Crippen molar-refractivity contribution >= 4 is 39.0 Å². The van der Waals surface area contributed by atoms with Crippen LogP contribution in [0.1, 0.15) is 55.9 Å². The Hall–Kier alpha value is -3.72. The zero-order valence-electron chi connectivity index (χ0n) is 21.4. The number of rotatable bonds is 8. The fourth-order valence-corrected chi connectivity index (χ4v) is 4.50. The number of carboxylic acid groups (broad SMARTS) is 1. The van der Waals surface area contributed by atoms with Crippen molar-refractivity contribution in [1.82, 2.24) is 14.2 Å². The third-order valence-corrected chi connectivity index (χ3v) is 6.92. The van der Waals surface area contributed by atoms with Crippen LogP contribution in [-0.2, 0) is 4.79 Å². The minimum Gasteiger partial charge on any atom is -0.479 e. The number of ether oxygens (including phenoxy) is 1. The summed E-state index contributed by atoms with van der Waals surface area (Å²) >= 11 is 3.44. The molecular formula is C28H29BrN4O4. The molecule has 0 unspecified atom stereocenters. The highest BCUT2D eigenvalue weighted by atomic mass is 79.9. The molecule has 0 saturated heterocycles. The van der Waals surface area contributed by atoms with E-state index in [0.29, 0.717) is 22.5 Å². The normalized spacial score (nSPS) is 13.2. The molecule has 0 radical (unpaired) electrons. The molecule has 4 aromatic rings. The van der Waals surface area contributed by atoms with E-state index in [1.807, 2.05) is 51.1 Å². The summed E-state index contributed by atoms with van der Waals surface area (Å²) in [6.07, 6.45) is 1.59. The first-order valence-electron chi connectivity index (χ1n) is 12.1. The van der Waals surface area contributed by atoms with Gasteiger partial charge in [0, 0.05) is 33.0 Å². The van der Waals surface area contributed by atoms with Gasteiger partial charge in [-0.25, -0.2) is 9.78 Å². The fourth-order valence-electron chi connectivity index (χ4n) is 4.14. The fraction of sp³-hybridized carbons (Fsp3) is 0.286. The summed E-state index contributed by atoms with van der Waals surface area (Å²) in [5, 5.41) is 14.2. The molecule has 2 aromatic carbocycles. The molecule has 0 aliphatic rings. The summed E-state index contributed by atoms with van der Waals surface area (Å²) in [6.45, 7) is 9.56. The molecule has 2 heterocycles. The molecule has 37 heavy (non-hydrogen) atoms. The van der Waals surface area contributed by atoms with Gasteiger partial charge in [0.1, 0.15) is 11.6 Å². The van der Waals surface area contributed by atoms with Gasteiger partial charge < -0.3 is 14.4 Å². The third-order valence-electron chi connectivity index (χ3n) is 6.42. The van der Waals surface area contributed by atoms with E-state index >= 15 is 0 Å². The average Bonchev–Trinajstić information content (AvgIpc) is 3.16. The predicted octanol–water partition coefficient (Wildman–Crippen LogP) is 5.81. The van der Waals surface area contributed by atoms with Gasteiger partial charge in [-0.15, -0.1) is 0 Å². The Morgan fingerprint density at radius 1 is 1.16 bits per heavy atom. The maximum absolute atomic E-state index is 13.4. The van der Waals surface area contributed by atoms with Crippen LogP contribution in [0, 0.1) is 13.8 Å². The van der Waals surface area contributed by atoms with Crippen LogP contribution in [0.3, 0.4) is 0 Å². The number of aromatic nitrogens is 3. The molecule has 0 amide bonds. The van der Waals surface area contributed by atoms with E-state index in [2.05, 4.69) is 32.5 Å². The number of aliphatic carboxylic acids is 1. The van der Waals surface area contributed by atoms with Gasteiger partial charge in [-0.2, -0.15) is 9.78 Å². The number of hydrogen-bond donors (Lipinski definition) is 1. The molecule has 9 heteroatoms. The average molecular weight is 565 g/mol. The summed E-state index contributed by atoms with van der Waals surface area (Å²) in [6, 6.07) is 14.7. The van der Waals surface area contributed by atoms with E-state index in [1.54, 1.807) is 24.4 Å². The highest BCUT2D eigenvalue weighted by molar-refractivity contribution is 9.10. The van der Waals surface area contributed by atoms with Crippen molar-refractivity contribution in [2.45, 2.75) is 53.1 Å². The summed E-state index contributed by atoms with van der Waals surface area (Å²) in [7, 11) is 0. The molecule has 0 aliphatic carbocycles.